The predicted molar refractivity (Wildman–Crippen MR) is 90.1 cm³/mol. The van der Waals surface area contributed by atoms with Gasteiger partial charge in [-0.2, -0.15) is 0 Å². The number of piperidine rings is 1. The summed E-state index contributed by atoms with van der Waals surface area (Å²) < 4.78 is 5.86. The monoisotopic (exact) mass is 289 g/mol. The minimum absolute atomic E-state index is 0.847. The number of hydrogen-bond donors (Lipinski definition) is 0. The molecule has 1 saturated heterocycles. The lowest BCUT2D eigenvalue weighted by Gasteiger charge is -2.30. The van der Waals surface area contributed by atoms with Crippen LogP contribution in [0.25, 0.3) is 0 Å². The zero-order valence-corrected chi connectivity index (χ0v) is 14.0. The fraction of sp³-hybridized carbons (Fsp3) is 0.684. The molecule has 0 aliphatic carbocycles. The maximum Gasteiger partial charge on any atom is 0.119 e. The lowest BCUT2D eigenvalue weighted by molar-refractivity contribution is 0.187. The van der Waals surface area contributed by atoms with E-state index in [1.807, 2.05) is 0 Å². The normalized spacial score (nSPS) is 17.1. The zero-order chi connectivity index (χ0) is 15.1. The quantitative estimate of drug-likeness (QED) is 0.681. The number of aryl methyl sites for hydroxylation is 2. The Bertz CT molecular complexity index is 401. The minimum Gasteiger partial charge on any atom is -0.494 e. The standard InChI is InChI=1S/C19H31NO/c1-16-7-10-20(11-8-16)9-5-4-6-12-21-19-14-17(2)13-18(3)15-19/h13-16H,4-12H2,1-3H3. The lowest BCUT2D eigenvalue weighted by atomic mass is 9.99. The topological polar surface area (TPSA) is 12.5 Å². The van der Waals surface area contributed by atoms with Crippen molar-refractivity contribution >= 4 is 0 Å². The highest BCUT2D eigenvalue weighted by Gasteiger charge is 2.14. The molecule has 118 valence electrons. The maximum absolute atomic E-state index is 5.86. The number of hydrogen-bond acceptors (Lipinski definition) is 2. The van der Waals surface area contributed by atoms with Crippen LogP contribution >= 0.6 is 0 Å². The van der Waals surface area contributed by atoms with Gasteiger partial charge in [-0.15, -0.1) is 0 Å². The summed E-state index contributed by atoms with van der Waals surface area (Å²) in [6.45, 7) is 11.4. The number of benzene rings is 1. The van der Waals surface area contributed by atoms with Crippen LogP contribution in [0, 0.1) is 19.8 Å². The van der Waals surface area contributed by atoms with Gasteiger partial charge in [-0.1, -0.05) is 13.0 Å². The second-order valence-electron chi connectivity index (χ2n) is 6.76. The van der Waals surface area contributed by atoms with Crippen LogP contribution in [0.1, 0.15) is 50.2 Å². The second kappa shape index (κ2) is 8.43. The Morgan fingerprint density at radius 2 is 1.67 bits per heavy atom. The van der Waals surface area contributed by atoms with Crippen molar-refractivity contribution in [1.82, 2.24) is 4.90 Å². The molecule has 0 radical (unpaired) electrons. The molecule has 0 saturated carbocycles. The molecule has 2 nitrogen and oxygen atoms in total. The largest absolute Gasteiger partial charge is 0.494 e. The first-order valence-corrected chi connectivity index (χ1v) is 8.57. The summed E-state index contributed by atoms with van der Waals surface area (Å²) in [6.07, 6.45) is 6.52. The summed E-state index contributed by atoms with van der Waals surface area (Å²) >= 11 is 0. The van der Waals surface area contributed by atoms with Crippen LogP contribution in [0.5, 0.6) is 5.75 Å². The molecule has 0 atom stereocenters. The highest BCUT2D eigenvalue weighted by Crippen LogP contribution is 2.18. The molecule has 0 amide bonds. The summed E-state index contributed by atoms with van der Waals surface area (Å²) in [5, 5.41) is 0. The molecule has 1 aliphatic heterocycles. The third kappa shape index (κ3) is 6.09. The van der Waals surface area contributed by atoms with Crippen LogP contribution in [0.4, 0.5) is 0 Å². The van der Waals surface area contributed by atoms with Crippen LogP contribution in [-0.2, 0) is 0 Å². The Kier molecular flexibility index (Phi) is 6.56. The summed E-state index contributed by atoms with van der Waals surface area (Å²) in [4.78, 5) is 2.63. The van der Waals surface area contributed by atoms with E-state index in [4.69, 9.17) is 4.74 Å². The van der Waals surface area contributed by atoms with Crippen LogP contribution in [0.2, 0.25) is 0 Å². The minimum atomic E-state index is 0.847. The van der Waals surface area contributed by atoms with Gasteiger partial charge in [-0.05, 0) is 94.8 Å². The van der Waals surface area contributed by atoms with Gasteiger partial charge < -0.3 is 9.64 Å². The predicted octanol–water partition coefficient (Wildman–Crippen LogP) is 4.58. The van der Waals surface area contributed by atoms with Crippen molar-refractivity contribution in [2.45, 2.75) is 52.9 Å². The summed E-state index contributed by atoms with van der Waals surface area (Å²) in [5.41, 5.74) is 2.56. The maximum atomic E-state index is 5.86. The molecule has 1 aromatic carbocycles. The molecule has 0 unspecified atom stereocenters. The summed E-state index contributed by atoms with van der Waals surface area (Å²) in [6, 6.07) is 6.44. The van der Waals surface area contributed by atoms with Crippen molar-refractivity contribution in [1.29, 1.82) is 0 Å². The molecular weight excluding hydrogens is 258 g/mol. The highest BCUT2D eigenvalue weighted by atomic mass is 16.5. The van der Waals surface area contributed by atoms with Crippen molar-refractivity contribution in [3.63, 3.8) is 0 Å². The SMILES string of the molecule is Cc1cc(C)cc(OCCCCCN2CCC(C)CC2)c1. The molecule has 1 aliphatic rings. The van der Waals surface area contributed by atoms with Crippen molar-refractivity contribution in [2.24, 2.45) is 5.92 Å². The van der Waals surface area contributed by atoms with Crippen molar-refractivity contribution in [3.05, 3.63) is 29.3 Å². The third-order valence-electron chi connectivity index (χ3n) is 4.46. The molecule has 0 spiro atoms. The van der Waals surface area contributed by atoms with Gasteiger partial charge in [0, 0.05) is 0 Å². The first kappa shape index (κ1) is 16.4. The van der Waals surface area contributed by atoms with E-state index in [1.54, 1.807) is 0 Å². The highest BCUT2D eigenvalue weighted by molar-refractivity contribution is 5.32. The van der Waals surface area contributed by atoms with Crippen LogP contribution in [0.15, 0.2) is 18.2 Å². The molecule has 0 bridgehead atoms. The summed E-state index contributed by atoms with van der Waals surface area (Å²) in [7, 11) is 0. The van der Waals surface area contributed by atoms with Crippen LogP contribution in [-0.4, -0.2) is 31.1 Å². The first-order valence-electron chi connectivity index (χ1n) is 8.57. The van der Waals surface area contributed by atoms with Gasteiger partial charge in [0.15, 0.2) is 0 Å². The molecule has 2 heteroatoms. The molecular formula is C19H31NO. The van der Waals surface area contributed by atoms with E-state index in [9.17, 15) is 0 Å². The Balaban J connectivity index is 1.54. The lowest BCUT2D eigenvalue weighted by Crippen LogP contribution is -2.33. The average Bonchev–Trinajstić information content (AvgIpc) is 2.43. The zero-order valence-electron chi connectivity index (χ0n) is 14.0. The number of rotatable bonds is 7. The van der Waals surface area contributed by atoms with E-state index in [0.29, 0.717) is 0 Å². The first-order chi connectivity index (χ1) is 10.1. The Morgan fingerprint density at radius 3 is 2.33 bits per heavy atom. The summed E-state index contributed by atoms with van der Waals surface area (Å²) in [5.74, 6) is 1.96. The molecule has 0 aromatic heterocycles. The number of likely N-dealkylation sites (tertiary alicyclic amines) is 1. The molecule has 1 fully saturated rings. The van der Waals surface area contributed by atoms with Gasteiger partial charge in [-0.25, -0.2) is 0 Å². The number of unbranched alkanes of at least 4 members (excludes halogenated alkanes) is 2. The van der Waals surface area contributed by atoms with E-state index >= 15 is 0 Å². The molecule has 21 heavy (non-hydrogen) atoms. The van der Waals surface area contributed by atoms with Gasteiger partial charge in [0.05, 0.1) is 6.61 Å². The van der Waals surface area contributed by atoms with Crippen molar-refractivity contribution in [3.8, 4) is 5.75 Å². The second-order valence-corrected chi connectivity index (χ2v) is 6.76. The Labute approximate surface area is 130 Å². The van der Waals surface area contributed by atoms with E-state index in [-0.39, 0.29) is 0 Å². The van der Waals surface area contributed by atoms with E-state index in [0.717, 1.165) is 24.7 Å². The Morgan fingerprint density at radius 1 is 1.00 bits per heavy atom. The number of ether oxygens (including phenoxy) is 1. The van der Waals surface area contributed by atoms with Gasteiger partial charge in [0.2, 0.25) is 0 Å². The molecule has 2 rings (SSSR count). The average molecular weight is 289 g/mol. The van der Waals surface area contributed by atoms with Crippen molar-refractivity contribution < 1.29 is 4.74 Å². The fourth-order valence-corrected chi connectivity index (χ4v) is 3.11. The molecule has 1 heterocycles. The number of nitrogens with zero attached hydrogens (tertiary/aromatic N) is 1. The smallest absolute Gasteiger partial charge is 0.119 e. The molecule has 1 aromatic rings. The van der Waals surface area contributed by atoms with Crippen molar-refractivity contribution in [2.75, 3.05) is 26.2 Å². The van der Waals surface area contributed by atoms with E-state index in [2.05, 4.69) is 43.9 Å². The third-order valence-corrected chi connectivity index (χ3v) is 4.46. The van der Waals surface area contributed by atoms with E-state index < -0.39 is 0 Å². The molecule has 0 N–H and O–H groups in total. The Hall–Kier alpha value is -1.02. The van der Waals surface area contributed by atoms with Crippen LogP contribution in [0.3, 0.4) is 0 Å². The van der Waals surface area contributed by atoms with Gasteiger partial charge in [0.1, 0.15) is 5.75 Å². The van der Waals surface area contributed by atoms with Gasteiger partial charge in [-0.3, -0.25) is 0 Å². The fourth-order valence-electron chi connectivity index (χ4n) is 3.11. The van der Waals surface area contributed by atoms with Crippen LogP contribution < -0.4 is 4.74 Å². The van der Waals surface area contributed by atoms with E-state index in [1.165, 1.54) is 56.4 Å². The van der Waals surface area contributed by atoms with Gasteiger partial charge in [0.25, 0.3) is 0 Å². The van der Waals surface area contributed by atoms with Gasteiger partial charge >= 0.3 is 0 Å².